The van der Waals surface area contributed by atoms with Crippen LogP contribution in [0.2, 0.25) is 0 Å². The summed E-state index contributed by atoms with van der Waals surface area (Å²) < 4.78 is 0. The van der Waals surface area contributed by atoms with E-state index in [4.69, 9.17) is 5.26 Å². The van der Waals surface area contributed by atoms with Gasteiger partial charge < -0.3 is 10.4 Å². The first kappa shape index (κ1) is 11.5. The summed E-state index contributed by atoms with van der Waals surface area (Å²) in [4.78, 5) is 0. The topological polar surface area (TPSA) is 81.8 Å². The van der Waals surface area contributed by atoms with Crippen molar-refractivity contribution >= 4 is 5.82 Å². The first-order chi connectivity index (χ1) is 9.20. The second-order valence-electron chi connectivity index (χ2n) is 4.52. The van der Waals surface area contributed by atoms with Crippen molar-refractivity contribution in [2.45, 2.75) is 13.3 Å². The molecule has 0 fully saturated rings. The fourth-order valence-corrected chi connectivity index (χ4v) is 2.37. The van der Waals surface area contributed by atoms with Crippen molar-refractivity contribution in [3.63, 3.8) is 0 Å². The standard InChI is InChI=1S/C14H12N4O/c1-8-10-4-5-16-14(10)18-17-13(8)11-3-2-9(7-15)6-12(11)19/h2-3,6,19H,4-5H2,1H3,(H,16,18). The Bertz CT molecular complexity index is 703. The molecule has 0 radical (unpaired) electrons. The van der Waals surface area contributed by atoms with Crippen molar-refractivity contribution in [3.05, 3.63) is 34.9 Å². The van der Waals surface area contributed by atoms with Crippen molar-refractivity contribution in [2.75, 3.05) is 11.9 Å². The Morgan fingerprint density at radius 3 is 2.95 bits per heavy atom. The van der Waals surface area contributed by atoms with E-state index in [2.05, 4.69) is 15.5 Å². The van der Waals surface area contributed by atoms with E-state index in [0.717, 1.165) is 29.9 Å². The molecule has 1 aromatic carbocycles. The van der Waals surface area contributed by atoms with Gasteiger partial charge in [-0.05, 0) is 37.1 Å². The lowest BCUT2D eigenvalue weighted by Gasteiger charge is -2.09. The van der Waals surface area contributed by atoms with Crippen LogP contribution in [0, 0.1) is 18.3 Å². The first-order valence-corrected chi connectivity index (χ1v) is 6.04. The van der Waals surface area contributed by atoms with Gasteiger partial charge in [0.25, 0.3) is 0 Å². The van der Waals surface area contributed by atoms with E-state index in [0.29, 0.717) is 16.8 Å². The van der Waals surface area contributed by atoms with Gasteiger partial charge in [0.15, 0.2) is 5.82 Å². The summed E-state index contributed by atoms with van der Waals surface area (Å²) >= 11 is 0. The number of nitrogens with one attached hydrogen (secondary N) is 1. The summed E-state index contributed by atoms with van der Waals surface area (Å²) in [6.45, 7) is 2.85. The number of hydrogen-bond acceptors (Lipinski definition) is 5. The van der Waals surface area contributed by atoms with E-state index in [1.54, 1.807) is 12.1 Å². The van der Waals surface area contributed by atoms with Gasteiger partial charge in [0.2, 0.25) is 0 Å². The van der Waals surface area contributed by atoms with Crippen LogP contribution in [0.3, 0.4) is 0 Å². The van der Waals surface area contributed by atoms with Gasteiger partial charge in [-0.15, -0.1) is 10.2 Å². The predicted octanol–water partition coefficient (Wildman–Crippen LogP) is 2.00. The monoisotopic (exact) mass is 252 g/mol. The van der Waals surface area contributed by atoms with E-state index in [1.165, 1.54) is 6.07 Å². The zero-order chi connectivity index (χ0) is 13.4. The van der Waals surface area contributed by atoms with Gasteiger partial charge in [-0.25, -0.2) is 0 Å². The fraction of sp³-hybridized carbons (Fsp3) is 0.214. The zero-order valence-electron chi connectivity index (χ0n) is 10.4. The number of nitriles is 1. The first-order valence-electron chi connectivity index (χ1n) is 6.04. The lowest BCUT2D eigenvalue weighted by molar-refractivity contribution is 0.477. The summed E-state index contributed by atoms with van der Waals surface area (Å²) in [6.07, 6.45) is 0.917. The molecule has 5 nitrogen and oxygen atoms in total. The third-order valence-electron chi connectivity index (χ3n) is 3.39. The second kappa shape index (κ2) is 4.25. The SMILES string of the molecule is Cc1c(-c2ccc(C#N)cc2O)nnc2c1CCN2. The van der Waals surface area contributed by atoms with Crippen molar-refractivity contribution in [1.82, 2.24) is 10.2 Å². The Balaban J connectivity index is 2.16. The number of benzene rings is 1. The molecule has 2 N–H and O–H groups in total. The summed E-state index contributed by atoms with van der Waals surface area (Å²) in [5.41, 5.74) is 3.88. The van der Waals surface area contributed by atoms with E-state index in [-0.39, 0.29) is 5.75 Å². The number of fused-ring (bicyclic) bond motifs is 1. The van der Waals surface area contributed by atoms with Gasteiger partial charge in [-0.2, -0.15) is 5.26 Å². The molecule has 0 atom stereocenters. The number of phenolic OH excluding ortho intramolecular Hbond substituents is 1. The maximum absolute atomic E-state index is 10.0. The molecular weight excluding hydrogens is 240 g/mol. The van der Waals surface area contributed by atoms with Gasteiger partial charge in [-0.1, -0.05) is 0 Å². The minimum absolute atomic E-state index is 0.0577. The van der Waals surface area contributed by atoms with Crippen molar-refractivity contribution < 1.29 is 5.11 Å². The molecule has 0 saturated carbocycles. The molecule has 1 aromatic heterocycles. The Labute approximate surface area is 110 Å². The van der Waals surface area contributed by atoms with Crippen LogP contribution in [0.15, 0.2) is 18.2 Å². The predicted molar refractivity (Wildman–Crippen MR) is 70.8 cm³/mol. The average Bonchev–Trinajstić information content (AvgIpc) is 2.89. The van der Waals surface area contributed by atoms with Crippen LogP contribution in [0.25, 0.3) is 11.3 Å². The van der Waals surface area contributed by atoms with Crippen LogP contribution in [0.1, 0.15) is 16.7 Å². The molecule has 0 spiro atoms. The highest BCUT2D eigenvalue weighted by Crippen LogP contribution is 2.34. The largest absolute Gasteiger partial charge is 0.507 e. The van der Waals surface area contributed by atoms with Crippen LogP contribution >= 0.6 is 0 Å². The van der Waals surface area contributed by atoms with Gasteiger partial charge in [0, 0.05) is 17.7 Å². The van der Waals surface area contributed by atoms with Crippen LogP contribution in [-0.4, -0.2) is 21.8 Å². The quantitative estimate of drug-likeness (QED) is 0.811. The number of aromatic hydroxyl groups is 1. The molecule has 0 aliphatic carbocycles. The number of aromatic nitrogens is 2. The van der Waals surface area contributed by atoms with Gasteiger partial charge in [0.05, 0.1) is 17.3 Å². The Hall–Kier alpha value is -2.61. The minimum atomic E-state index is 0.0577. The summed E-state index contributed by atoms with van der Waals surface area (Å²) in [6, 6.07) is 6.82. The highest BCUT2D eigenvalue weighted by molar-refractivity contribution is 5.73. The molecule has 94 valence electrons. The average molecular weight is 252 g/mol. The normalized spacial score (nSPS) is 12.6. The molecule has 5 heteroatoms. The zero-order valence-corrected chi connectivity index (χ0v) is 10.4. The second-order valence-corrected chi connectivity index (χ2v) is 4.52. The smallest absolute Gasteiger partial charge is 0.152 e. The third-order valence-corrected chi connectivity index (χ3v) is 3.39. The Morgan fingerprint density at radius 1 is 1.37 bits per heavy atom. The molecule has 1 aliphatic heterocycles. The molecule has 2 heterocycles. The summed E-state index contributed by atoms with van der Waals surface area (Å²) in [7, 11) is 0. The lowest BCUT2D eigenvalue weighted by atomic mass is 10.0. The highest BCUT2D eigenvalue weighted by Gasteiger charge is 2.19. The highest BCUT2D eigenvalue weighted by atomic mass is 16.3. The van der Waals surface area contributed by atoms with Crippen LogP contribution in [-0.2, 0) is 6.42 Å². The molecule has 1 aliphatic rings. The van der Waals surface area contributed by atoms with E-state index in [9.17, 15) is 5.11 Å². The molecule has 0 unspecified atom stereocenters. The number of rotatable bonds is 1. The molecule has 2 aromatic rings. The van der Waals surface area contributed by atoms with Crippen molar-refractivity contribution in [3.8, 4) is 23.1 Å². The maximum atomic E-state index is 10.0. The fourth-order valence-electron chi connectivity index (χ4n) is 2.37. The van der Waals surface area contributed by atoms with Crippen LogP contribution < -0.4 is 5.32 Å². The van der Waals surface area contributed by atoms with E-state index >= 15 is 0 Å². The lowest BCUT2D eigenvalue weighted by Crippen LogP contribution is -1.98. The number of phenols is 1. The van der Waals surface area contributed by atoms with E-state index in [1.807, 2.05) is 13.0 Å². The number of anilines is 1. The molecule has 0 amide bonds. The van der Waals surface area contributed by atoms with Gasteiger partial charge in [0.1, 0.15) is 5.75 Å². The molecule has 0 bridgehead atoms. The molecule has 19 heavy (non-hydrogen) atoms. The number of hydrogen-bond donors (Lipinski definition) is 2. The van der Waals surface area contributed by atoms with Crippen LogP contribution in [0.4, 0.5) is 5.82 Å². The third kappa shape index (κ3) is 1.78. The number of nitrogens with zero attached hydrogens (tertiary/aromatic N) is 3. The summed E-state index contributed by atoms with van der Waals surface area (Å²) in [5, 5.41) is 30.3. The molecule has 3 rings (SSSR count). The Kier molecular flexibility index (Phi) is 2.57. The maximum Gasteiger partial charge on any atom is 0.152 e. The van der Waals surface area contributed by atoms with E-state index < -0.39 is 0 Å². The van der Waals surface area contributed by atoms with Crippen LogP contribution in [0.5, 0.6) is 5.75 Å². The molecular formula is C14H12N4O. The Morgan fingerprint density at radius 2 is 2.21 bits per heavy atom. The minimum Gasteiger partial charge on any atom is -0.507 e. The van der Waals surface area contributed by atoms with Crippen molar-refractivity contribution in [1.29, 1.82) is 5.26 Å². The van der Waals surface area contributed by atoms with Crippen molar-refractivity contribution in [2.24, 2.45) is 0 Å². The molecule has 0 saturated heterocycles. The van der Waals surface area contributed by atoms with Gasteiger partial charge >= 0.3 is 0 Å². The summed E-state index contributed by atoms with van der Waals surface area (Å²) in [5.74, 6) is 0.886. The van der Waals surface area contributed by atoms with Gasteiger partial charge in [-0.3, -0.25) is 0 Å².